The number of ether oxygens (including phenoxy) is 1. The van der Waals surface area contributed by atoms with Crippen molar-refractivity contribution < 1.29 is 22.7 Å². The van der Waals surface area contributed by atoms with Crippen LogP contribution in [0.15, 0.2) is 36.4 Å². The van der Waals surface area contributed by atoms with Crippen molar-refractivity contribution in [1.29, 1.82) is 0 Å². The highest BCUT2D eigenvalue weighted by Crippen LogP contribution is 2.31. The molecule has 0 spiro atoms. The monoisotopic (exact) mass is 441 g/mol. The standard InChI is InChI=1S/C19H17Cl2NO5S/c1-2-28(25,26)22-9-8-12-10-13(6-7-16(12)22)17(23)11-27-19(24)14-4-3-5-15(20)18(14)21/h3-7,10H,2,8-9,11H2,1H3. The third kappa shape index (κ3) is 4.01. The summed E-state index contributed by atoms with van der Waals surface area (Å²) < 4.78 is 30.7. The van der Waals surface area contributed by atoms with Gasteiger partial charge in [-0.3, -0.25) is 9.10 Å². The Bertz CT molecular complexity index is 1050. The summed E-state index contributed by atoms with van der Waals surface area (Å²) in [5.74, 6) is -1.14. The Morgan fingerprint density at radius 1 is 1.18 bits per heavy atom. The number of anilines is 1. The van der Waals surface area contributed by atoms with Gasteiger partial charge in [0.05, 0.1) is 27.0 Å². The summed E-state index contributed by atoms with van der Waals surface area (Å²) in [6.45, 7) is 1.48. The second kappa shape index (κ2) is 8.11. The number of carbonyl (C=O) groups excluding carboxylic acids is 2. The average molecular weight is 442 g/mol. The minimum Gasteiger partial charge on any atom is -0.454 e. The molecular weight excluding hydrogens is 425 g/mol. The molecule has 0 bridgehead atoms. The summed E-state index contributed by atoms with van der Waals surface area (Å²) in [7, 11) is -3.35. The minimum absolute atomic E-state index is 0.00906. The maximum absolute atomic E-state index is 12.4. The number of fused-ring (bicyclic) bond motifs is 1. The average Bonchev–Trinajstić information content (AvgIpc) is 3.12. The third-order valence-corrected chi connectivity index (χ3v) is 7.06. The van der Waals surface area contributed by atoms with Crippen LogP contribution in [0.3, 0.4) is 0 Å². The van der Waals surface area contributed by atoms with E-state index >= 15 is 0 Å². The number of sulfonamides is 1. The van der Waals surface area contributed by atoms with Crippen molar-refractivity contribution in [2.45, 2.75) is 13.3 Å². The molecular formula is C19H17Cl2NO5S. The number of ketones is 1. The van der Waals surface area contributed by atoms with Gasteiger partial charge in [0, 0.05) is 12.1 Å². The lowest BCUT2D eigenvalue weighted by Crippen LogP contribution is -2.30. The van der Waals surface area contributed by atoms with Crippen LogP contribution in [0.4, 0.5) is 5.69 Å². The molecule has 28 heavy (non-hydrogen) atoms. The smallest absolute Gasteiger partial charge is 0.340 e. The summed E-state index contributed by atoms with van der Waals surface area (Å²) in [5, 5.41) is 0.282. The van der Waals surface area contributed by atoms with E-state index in [0.717, 1.165) is 5.56 Å². The van der Waals surface area contributed by atoms with Crippen LogP contribution in [0.1, 0.15) is 33.2 Å². The molecule has 2 aromatic carbocycles. The zero-order valence-electron chi connectivity index (χ0n) is 14.9. The first-order chi connectivity index (χ1) is 13.2. The second-order valence-electron chi connectivity index (χ2n) is 6.17. The SMILES string of the molecule is CCS(=O)(=O)N1CCc2cc(C(=O)COC(=O)c3cccc(Cl)c3Cl)ccc21. The van der Waals surface area contributed by atoms with Crippen molar-refractivity contribution in [2.24, 2.45) is 0 Å². The molecule has 0 saturated heterocycles. The first-order valence-electron chi connectivity index (χ1n) is 8.52. The Morgan fingerprint density at radius 3 is 2.64 bits per heavy atom. The molecule has 2 aromatic rings. The van der Waals surface area contributed by atoms with Crippen LogP contribution >= 0.6 is 23.2 Å². The van der Waals surface area contributed by atoms with Crippen molar-refractivity contribution in [1.82, 2.24) is 0 Å². The summed E-state index contributed by atoms with van der Waals surface area (Å²) in [5.41, 5.74) is 1.78. The van der Waals surface area contributed by atoms with Crippen LogP contribution in [-0.2, 0) is 21.2 Å². The zero-order chi connectivity index (χ0) is 20.5. The van der Waals surface area contributed by atoms with Gasteiger partial charge in [-0.1, -0.05) is 29.3 Å². The number of Topliss-reactive ketones (excluding diaryl/α,β-unsaturated/α-hetero) is 1. The van der Waals surface area contributed by atoms with Crippen LogP contribution < -0.4 is 4.31 Å². The molecule has 0 unspecified atom stereocenters. The van der Waals surface area contributed by atoms with Crippen molar-refractivity contribution in [3.05, 3.63) is 63.1 Å². The van der Waals surface area contributed by atoms with Crippen molar-refractivity contribution >= 4 is 50.7 Å². The summed E-state index contributed by atoms with van der Waals surface area (Å²) in [4.78, 5) is 24.5. The van der Waals surface area contributed by atoms with Gasteiger partial charge in [0.15, 0.2) is 12.4 Å². The minimum atomic E-state index is -3.35. The van der Waals surface area contributed by atoms with Gasteiger partial charge in [0.1, 0.15) is 0 Å². The largest absolute Gasteiger partial charge is 0.454 e. The van der Waals surface area contributed by atoms with Gasteiger partial charge < -0.3 is 4.74 Å². The molecule has 6 nitrogen and oxygen atoms in total. The van der Waals surface area contributed by atoms with Crippen molar-refractivity contribution in [2.75, 3.05) is 23.2 Å². The van der Waals surface area contributed by atoms with Gasteiger partial charge in [0.2, 0.25) is 10.0 Å². The number of benzene rings is 2. The molecule has 0 N–H and O–H groups in total. The fourth-order valence-corrected chi connectivity index (χ4v) is 4.48. The fraction of sp³-hybridized carbons (Fsp3) is 0.263. The fourth-order valence-electron chi connectivity index (χ4n) is 2.94. The molecule has 1 heterocycles. The van der Waals surface area contributed by atoms with Crippen LogP contribution in [-0.4, -0.2) is 39.1 Å². The number of rotatable bonds is 6. The van der Waals surface area contributed by atoms with E-state index in [1.165, 1.54) is 16.4 Å². The molecule has 0 saturated carbocycles. The molecule has 3 rings (SSSR count). The van der Waals surface area contributed by atoms with E-state index in [2.05, 4.69) is 0 Å². The molecule has 0 fully saturated rings. The van der Waals surface area contributed by atoms with Gasteiger partial charge in [-0.15, -0.1) is 0 Å². The maximum atomic E-state index is 12.4. The zero-order valence-corrected chi connectivity index (χ0v) is 17.3. The number of hydrogen-bond acceptors (Lipinski definition) is 5. The first kappa shape index (κ1) is 20.6. The first-order valence-corrected chi connectivity index (χ1v) is 10.9. The third-order valence-electron chi connectivity index (χ3n) is 4.46. The van der Waals surface area contributed by atoms with Crippen molar-refractivity contribution in [3.8, 4) is 0 Å². The van der Waals surface area contributed by atoms with Gasteiger partial charge in [-0.05, 0) is 49.2 Å². The Labute approximate surface area is 173 Å². The van der Waals surface area contributed by atoms with E-state index in [4.69, 9.17) is 27.9 Å². The molecule has 0 radical (unpaired) electrons. The molecule has 148 valence electrons. The van der Waals surface area contributed by atoms with Crippen LogP contribution in [0.5, 0.6) is 0 Å². The lowest BCUT2D eigenvalue weighted by atomic mass is 10.1. The van der Waals surface area contributed by atoms with E-state index in [1.54, 1.807) is 31.2 Å². The van der Waals surface area contributed by atoms with E-state index in [1.807, 2.05) is 0 Å². The number of carbonyl (C=O) groups is 2. The Balaban J connectivity index is 1.71. The lowest BCUT2D eigenvalue weighted by Gasteiger charge is -2.18. The molecule has 1 aliphatic rings. The van der Waals surface area contributed by atoms with Crippen LogP contribution in [0, 0.1) is 0 Å². The number of hydrogen-bond donors (Lipinski definition) is 0. The van der Waals surface area contributed by atoms with Crippen LogP contribution in [0.2, 0.25) is 10.0 Å². The molecule has 0 aromatic heterocycles. The summed E-state index contributed by atoms with van der Waals surface area (Å²) in [6.07, 6.45) is 0.521. The normalized spacial score (nSPS) is 13.3. The Hall–Kier alpha value is -2.09. The second-order valence-corrected chi connectivity index (χ2v) is 9.13. The van der Waals surface area contributed by atoms with E-state index < -0.39 is 28.4 Å². The predicted molar refractivity (Wildman–Crippen MR) is 108 cm³/mol. The Morgan fingerprint density at radius 2 is 1.93 bits per heavy atom. The number of halogens is 2. The maximum Gasteiger partial charge on any atom is 0.340 e. The van der Waals surface area contributed by atoms with Crippen molar-refractivity contribution in [3.63, 3.8) is 0 Å². The van der Waals surface area contributed by atoms with Crippen LogP contribution in [0.25, 0.3) is 0 Å². The summed E-state index contributed by atoms with van der Waals surface area (Å²) in [6, 6.07) is 9.34. The predicted octanol–water partition coefficient (Wildman–Crippen LogP) is 3.75. The van der Waals surface area contributed by atoms with Gasteiger partial charge >= 0.3 is 5.97 Å². The molecule has 1 aliphatic heterocycles. The molecule has 0 aliphatic carbocycles. The highest BCUT2D eigenvalue weighted by Gasteiger charge is 2.28. The molecule has 0 atom stereocenters. The van der Waals surface area contributed by atoms with E-state index in [-0.39, 0.29) is 21.4 Å². The quantitative estimate of drug-likeness (QED) is 0.503. The van der Waals surface area contributed by atoms with Gasteiger partial charge in [-0.2, -0.15) is 0 Å². The lowest BCUT2D eigenvalue weighted by molar-refractivity contribution is 0.0475. The van der Waals surface area contributed by atoms with Gasteiger partial charge in [0.25, 0.3) is 0 Å². The van der Waals surface area contributed by atoms with Gasteiger partial charge in [-0.25, -0.2) is 13.2 Å². The highest BCUT2D eigenvalue weighted by molar-refractivity contribution is 7.92. The number of esters is 1. The number of nitrogens with zero attached hydrogens (tertiary/aromatic N) is 1. The topological polar surface area (TPSA) is 80.8 Å². The highest BCUT2D eigenvalue weighted by atomic mass is 35.5. The molecule has 0 amide bonds. The van der Waals surface area contributed by atoms with E-state index in [9.17, 15) is 18.0 Å². The Kier molecular flexibility index (Phi) is 5.98. The summed E-state index contributed by atoms with van der Waals surface area (Å²) >= 11 is 11.8. The van der Waals surface area contributed by atoms with E-state index in [0.29, 0.717) is 24.2 Å². The molecule has 9 heteroatoms.